The van der Waals surface area contributed by atoms with Crippen molar-refractivity contribution < 1.29 is 4.74 Å². The van der Waals surface area contributed by atoms with Crippen molar-refractivity contribution in [2.45, 2.75) is 39.4 Å². The van der Waals surface area contributed by atoms with Gasteiger partial charge in [-0.15, -0.1) is 0 Å². The molecule has 2 atom stereocenters. The molecule has 2 rings (SSSR count). The fourth-order valence-electron chi connectivity index (χ4n) is 2.52. The lowest BCUT2D eigenvalue weighted by Gasteiger charge is -2.30. The Labute approximate surface area is 115 Å². The van der Waals surface area contributed by atoms with Crippen LogP contribution >= 0.6 is 0 Å². The van der Waals surface area contributed by atoms with Crippen molar-refractivity contribution in [2.24, 2.45) is 0 Å². The smallest absolute Gasteiger partial charge is 0.0594 e. The Balaban J connectivity index is 1.78. The number of morpholine rings is 1. The van der Waals surface area contributed by atoms with Crippen molar-refractivity contribution >= 4 is 0 Å². The summed E-state index contributed by atoms with van der Waals surface area (Å²) in [7, 11) is 0. The lowest BCUT2D eigenvalue weighted by Crippen LogP contribution is -2.44. The van der Waals surface area contributed by atoms with Crippen molar-refractivity contribution in [2.75, 3.05) is 32.8 Å². The van der Waals surface area contributed by atoms with Crippen LogP contribution in [-0.2, 0) is 11.3 Å². The fraction of sp³-hybridized carbons (Fsp3) is 0.786. The number of hydrogen-bond donors (Lipinski definition) is 1. The molecule has 1 aliphatic heterocycles. The second kappa shape index (κ2) is 7.03. The van der Waals surface area contributed by atoms with Crippen LogP contribution in [0.4, 0.5) is 0 Å². The van der Waals surface area contributed by atoms with Gasteiger partial charge in [-0.3, -0.25) is 9.58 Å². The molecule has 0 amide bonds. The average molecular weight is 266 g/mol. The summed E-state index contributed by atoms with van der Waals surface area (Å²) in [5.41, 5.74) is 1.26. The first-order valence-corrected chi connectivity index (χ1v) is 7.27. The van der Waals surface area contributed by atoms with E-state index in [0.717, 1.165) is 39.4 Å². The number of aryl methyl sites for hydroxylation is 1. The van der Waals surface area contributed by atoms with Crippen molar-refractivity contribution in [1.29, 1.82) is 0 Å². The van der Waals surface area contributed by atoms with Gasteiger partial charge in [-0.1, -0.05) is 0 Å². The Morgan fingerprint density at radius 2 is 2.11 bits per heavy atom. The summed E-state index contributed by atoms with van der Waals surface area (Å²) in [5, 5.41) is 7.97. The summed E-state index contributed by atoms with van der Waals surface area (Å²) in [6.07, 6.45) is 4.09. The minimum absolute atomic E-state index is 0.344. The maximum atomic E-state index is 5.37. The third kappa shape index (κ3) is 4.30. The van der Waals surface area contributed by atoms with Gasteiger partial charge in [0.25, 0.3) is 0 Å². The molecule has 0 bridgehead atoms. The van der Waals surface area contributed by atoms with Crippen molar-refractivity contribution in [3.63, 3.8) is 0 Å². The molecule has 0 aliphatic carbocycles. The second-order valence-electron chi connectivity index (χ2n) is 5.33. The average Bonchev–Trinajstić information content (AvgIpc) is 2.88. The second-order valence-corrected chi connectivity index (χ2v) is 5.33. The largest absolute Gasteiger partial charge is 0.379 e. The Morgan fingerprint density at radius 1 is 1.37 bits per heavy atom. The van der Waals surface area contributed by atoms with Crippen LogP contribution in [0, 0.1) is 0 Å². The summed E-state index contributed by atoms with van der Waals surface area (Å²) in [4.78, 5) is 2.46. The first-order valence-electron chi connectivity index (χ1n) is 7.27. The first kappa shape index (κ1) is 14.5. The highest BCUT2D eigenvalue weighted by atomic mass is 16.5. The van der Waals surface area contributed by atoms with Gasteiger partial charge in [-0.2, -0.15) is 5.10 Å². The SMILES string of the molecule is CCn1cc(C(C)NC(C)CN2CCOCC2)cn1. The van der Waals surface area contributed by atoms with Gasteiger partial charge in [0.1, 0.15) is 0 Å². The molecule has 108 valence electrons. The fourth-order valence-corrected chi connectivity index (χ4v) is 2.52. The van der Waals surface area contributed by atoms with E-state index < -0.39 is 0 Å². The maximum Gasteiger partial charge on any atom is 0.0594 e. The molecule has 0 radical (unpaired) electrons. The number of rotatable bonds is 6. The van der Waals surface area contributed by atoms with Gasteiger partial charge >= 0.3 is 0 Å². The minimum atomic E-state index is 0.344. The maximum absolute atomic E-state index is 5.37. The molecule has 5 nitrogen and oxygen atoms in total. The molecule has 0 aromatic carbocycles. The molecule has 0 spiro atoms. The Bertz CT molecular complexity index is 373. The van der Waals surface area contributed by atoms with E-state index in [9.17, 15) is 0 Å². The van der Waals surface area contributed by atoms with Crippen molar-refractivity contribution in [3.05, 3.63) is 18.0 Å². The van der Waals surface area contributed by atoms with E-state index in [1.54, 1.807) is 0 Å². The highest BCUT2D eigenvalue weighted by molar-refractivity contribution is 5.09. The number of nitrogens with zero attached hydrogens (tertiary/aromatic N) is 3. The Kier molecular flexibility index (Phi) is 5.36. The molecule has 19 heavy (non-hydrogen) atoms. The molecule has 1 N–H and O–H groups in total. The lowest BCUT2D eigenvalue weighted by molar-refractivity contribution is 0.0339. The predicted octanol–water partition coefficient (Wildman–Crippen LogP) is 1.27. The van der Waals surface area contributed by atoms with Crippen LogP contribution in [0.2, 0.25) is 0 Å². The van der Waals surface area contributed by atoms with Crippen LogP contribution < -0.4 is 5.32 Å². The molecule has 1 saturated heterocycles. The van der Waals surface area contributed by atoms with Crippen LogP contribution in [0.1, 0.15) is 32.4 Å². The first-order chi connectivity index (χ1) is 9.19. The zero-order chi connectivity index (χ0) is 13.7. The van der Waals surface area contributed by atoms with E-state index in [-0.39, 0.29) is 0 Å². The Hall–Kier alpha value is -0.910. The third-order valence-corrected chi connectivity index (χ3v) is 3.65. The monoisotopic (exact) mass is 266 g/mol. The molecule has 0 saturated carbocycles. The summed E-state index contributed by atoms with van der Waals surface area (Å²) >= 11 is 0. The predicted molar refractivity (Wildman–Crippen MR) is 76.2 cm³/mol. The molecule has 1 aliphatic rings. The summed E-state index contributed by atoms with van der Waals surface area (Å²) in [5.74, 6) is 0. The van der Waals surface area contributed by atoms with Gasteiger partial charge in [0.15, 0.2) is 0 Å². The van der Waals surface area contributed by atoms with E-state index >= 15 is 0 Å². The summed E-state index contributed by atoms with van der Waals surface area (Å²) in [6.45, 7) is 12.4. The molecule has 2 heterocycles. The molecular weight excluding hydrogens is 240 g/mol. The van der Waals surface area contributed by atoms with Crippen LogP contribution in [-0.4, -0.2) is 53.6 Å². The zero-order valence-corrected chi connectivity index (χ0v) is 12.3. The highest BCUT2D eigenvalue weighted by Gasteiger charge is 2.16. The van der Waals surface area contributed by atoms with Crippen LogP contribution in [0.15, 0.2) is 12.4 Å². The third-order valence-electron chi connectivity index (χ3n) is 3.65. The number of hydrogen-bond acceptors (Lipinski definition) is 4. The van der Waals surface area contributed by atoms with Crippen LogP contribution in [0.3, 0.4) is 0 Å². The lowest BCUT2D eigenvalue weighted by atomic mass is 10.1. The van der Waals surface area contributed by atoms with E-state index in [1.807, 2.05) is 10.9 Å². The van der Waals surface area contributed by atoms with E-state index in [0.29, 0.717) is 12.1 Å². The molecule has 1 aromatic rings. The quantitative estimate of drug-likeness (QED) is 0.842. The summed E-state index contributed by atoms with van der Waals surface area (Å²) in [6, 6.07) is 0.814. The number of aromatic nitrogens is 2. The standard InChI is InChI=1S/C14H26N4O/c1-4-18-11-14(9-15-18)13(3)16-12(2)10-17-5-7-19-8-6-17/h9,11-13,16H,4-8,10H2,1-3H3. The normalized spacial score (nSPS) is 20.4. The van der Waals surface area contributed by atoms with Gasteiger partial charge in [-0.05, 0) is 20.8 Å². The van der Waals surface area contributed by atoms with Gasteiger partial charge in [0.2, 0.25) is 0 Å². The van der Waals surface area contributed by atoms with Gasteiger partial charge in [-0.25, -0.2) is 0 Å². The minimum Gasteiger partial charge on any atom is -0.379 e. The van der Waals surface area contributed by atoms with Crippen LogP contribution in [0.25, 0.3) is 0 Å². The Morgan fingerprint density at radius 3 is 2.74 bits per heavy atom. The van der Waals surface area contributed by atoms with Crippen LogP contribution in [0.5, 0.6) is 0 Å². The molecular formula is C14H26N4O. The van der Waals surface area contributed by atoms with E-state index in [4.69, 9.17) is 4.74 Å². The molecule has 5 heteroatoms. The van der Waals surface area contributed by atoms with Gasteiger partial charge < -0.3 is 10.1 Å². The van der Waals surface area contributed by atoms with Gasteiger partial charge in [0.05, 0.1) is 19.4 Å². The van der Waals surface area contributed by atoms with Crippen molar-refractivity contribution in [1.82, 2.24) is 20.0 Å². The van der Waals surface area contributed by atoms with E-state index in [2.05, 4.69) is 42.3 Å². The molecule has 1 fully saturated rings. The number of ether oxygens (including phenoxy) is 1. The van der Waals surface area contributed by atoms with E-state index in [1.165, 1.54) is 5.56 Å². The topological polar surface area (TPSA) is 42.3 Å². The number of nitrogens with one attached hydrogen (secondary N) is 1. The molecule has 2 unspecified atom stereocenters. The van der Waals surface area contributed by atoms with Gasteiger partial charge in [0, 0.05) is 50.0 Å². The highest BCUT2D eigenvalue weighted by Crippen LogP contribution is 2.12. The van der Waals surface area contributed by atoms with Crippen molar-refractivity contribution in [3.8, 4) is 0 Å². The summed E-state index contributed by atoms with van der Waals surface area (Å²) < 4.78 is 7.35. The molecule has 1 aromatic heterocycles. The zero-order valence-electron chi connectivity index (χ0n) is 12.3.